The second-order valence-corrected chi connectivity index (χ2v) is 12.2. The number of hydrogen-bond donors (Lipinski definition) is 0. The number of carbonyl (C=O) groups excluding carboxylic acids is 1. The minimum atomic E-state index is -3.86. The Labute approximate surface area is 224 Å². The molecule has 1 fully saturated rings. The number of unbranched alkanes of at least 4 members (excludes halogenated alkanes) is 1. The lowest BCUT2D eigenvalue weighted by Crippen LogP contribution is -2.46. The van der Waals surface area contributed by atoms with Crippen LogP contribution in [0, 0.1) is 0 Å². The number of esters is 1. The molecule has 1 heterocycles. The van der Waals surface area contributed by atoms with Gasteiger partial charge in [0, 0.05) is 38.9 Å². The van der Waals surface area contributed by atoms with Crippen LogP contribution in [0.2, 0.25) is 0 Å². The van der Waals surface area contributed by atoms with Crippen LogP contribution in [0.15, 0.2) is 34.0 Å². The zero-order valence-electron chi connectivity index (χ0n) is 22.4. The summed E-state index contributed by atoms with van der Waals surface area (Å²) in [5, 5.41) is 0. The first-order valence-electron chi connectivity index (χ1n) is 12.9. The first-order chi connectivity index (χ1) is 17.7. The minimum absolute atomic E-state index is 0.0287. The Morgan fingerprint density at radius 2 is 1.92 bits per heavy atom. The summed E-state index contributed by atoms with van der Waals surface area (Å²) in [6.07, 6.45) is 9.05. The zero-order valence-corrected chi connectivity index (χ0v) is 24.0. The van der Waals surface area contributed by atoms with Crippen LogP contribution in [0.3, 0.4) is 0 Å². The van der Waals surface area contributed by atoms with Crippen molar-refractivity contribution in [3.63, 3.8) is 0 Å². The van der Waals surface area contributed by atoms with E-state index in [9.17, 15) is 17.6 Å². The number of thioether (sulfide) groups is 1. The molecular formula is C26H39FN2O6S2. The molecule has 1 unspecified atom stereocenters. The highest BCUT2D eigenvalue weighted by atomic mass is 32.2. The van der Waals surface area contributed by atoms with Gasteiger partial charge in [0.25, 0.3) is 0 Å². The molecule has 208 valence electrons. The van der Waals surface area contributed by atoms with Crippen LogP contribution in [-0.2, 0) is 24.3 Å². The molecule has 0 radical (unpaired) electrons. The van der Waals surface area contributed by atoms with E-state index in [1.807, 2.05) is 12.3 Å². The molecule has 0 aromatic heterocycles. The Hall–Kier alpha value is -1.82. The van der Waals surface area contributed by atoms with Crippen molar-refractivity contribution in [1.82, 2.24) is 4.31 Å². The normalized spacial score (nSPS) is 24.3. The van der Waals surface area contributed by atoms with Crippen LogP contribution in [0.1, 0.15) is 58.8 Å². The number of benzene rings is 1. The molecule has 0 spiro atoms. The number of nitrogens with zero attached hydrogens (tertiary/aromatic N) is 2. The topological polar surface area (TPSA) is 85.4 Å². The zero-order chi connectivity index (χ0) is 27.2. The molecule has 0 N–H and O–H groups in total. The highest BCUT2D eigenvalue weighted by molar-refractivity contribution is 7.98. The van der Waals surface area contributed by atoms with Crippen molar-refractivity contribution < 1.29 is 31.8 Å². The fourth-order valence-electron chi connectivity index (χ4n) is 5.02. The summed E-state index contributed by atoms with van der Waals surface area (Å²) >= 11 is 1.37. The van der Waals surface area contributed by atoms with Crippen molar-refractivity contribution in [3.8, 4) is 5.75 Å². The largest absolute Gasteiger partial charge is 0.461 e. The molecule has 0 saturated heterocycles. The van der Waals surface area contributed by atoms with Gasteiger partial charge in [0.15, 0.2) is 0 Å². The van der Waals surface area contributed by atoms with Gasteiger partial charge < -0.3 is 19.1 Å². The number of carbonyl (C=O) groups is 1. The summed E-state index contributed by atoms with van der Waals surface area (Å²) in [6.45, 7) is 4.30. The number of sulfonamides is 1. The predicted molar refractivity (Wildman–Crippen MR) is 143 cm³/mol. The van der Waals surface area contributed by atoms with Crippen LogP contribution < -0.4 is 9.64 Å². The summed E-state index contributed by atoms with van der Waals surface area (Å²) in [4.78, 5) is 14.7. The third kappa shape index (κ3) is 6.79. The summed E-state index contributed by atoms with van der Waals surface area (Å²) in [6, 6.07) is 3.28. The number of methoxy groups -OCH3 is 1. The number of halogens is 1. The van der Waals surface area contributed by atoms with Crippen molar-refractivity contribution in [2.24, 2.45) is 0 Å². The minimum Gasteiger partial charge on any atom is -0.461 e. The van der Waals surface area contributed by atoms with Crippen molar-refractivity contribution in [1.29, 1.82) is 0 Å². The van der Waals surface area contributed by atoms with Gasteiger partial charge in [0.1, 0.15) is 16.9 Å². The van der Waals surface area contributed by atoms with Gasteiger partial charge in [0.2, 0.25) is 15.9 Å². The molecule has 1 aliphatic carbocycles. The molecule has 0 bridgehead atoms. The van der Waals surface area contributed by atoms with Crippen LogP contribution >= 0.6 is 11.8 Å². The number of anilines is 1. The molecule has 1 aromatic rings. The number of ether oxygens (including phenoxy) is 3. The van der Waals surface area contributed by atoms with Gasteiger partial charge in [-0.05, 0) is 51.3 Å². The van der Waals surface area contributed by atoms with E-state index in [0.717, 1.165) is 44.9 Å². The molecule has 0 amide bonds. The Balaban J connectivity index is 2.08. The highest BCUT2D eigenvalue weighted by Gasteiger charge is 2.40. The molecule has 8 nitrogen and oxygen atoms in total. The van der Waals surface area contributed by atoms with E-state index in [1.54, 1.807) is 21.1 Å². The third-order valence-electron chi connectivity index (χ3n) is 7.20. The molecule has 1 aromatic carbocycles. The second-order valence-electron chi connectivity index (χ2n) is 9.41. The molecular weight excluding hydrogens is 519 g/mol. The first kappa shape index (κ1) is 29.7. The van der Waals surface area contributed by atoms with Crippen molar-refractivity contribution in [2.75, 3.05) is 38.5 Å². The summed E-state index contributed by atoms with van der Waals surface area (Å²) in [7, 11) is -0.494. The molecule has 3 rings (SSSR count). The van der Waals surface area contributed by atoms with Crippen LogP contribution in [0.4, 0.5) is 10.1 Å². The van der Waals surface area contributed by atoms with E-state index in [-0.39, 0.29) is 35.4 Å². The van der Waals surface area contributed by atoms with Crippen molar-refractivity contribution >= 4 is 33.4 Å². The maximum absolute atomic E-state index is 14.2. The number of likely N-dealkylation sites (N-methyl/N-ethyl adjacent to an activating group) is 1. The number of hydrogen-bond acceptors (Lipinski definition) is 8. The summed E-state index contributed by atoms with van der Waals surface area (Å²) < 4.78 is 59.1. The fourth-order valence-corrected chi connectivity index (χ4v) is 7.13. The smallest absolute Gasteiger partial charge is 0.370 e. The van der Waals surface area contributed by atoms with Crippen LogP contribution in [0.25, 0.3) is 0 Å². The van der Waals surface area contributed by atoms with E-state index in [1.165, 1.54) is 22.1 Å². The average molecular weight is 559 g/mol. The molecule has 1 saturated carbocycles. The van der Waals surface area contributed by atoms with Gasteiger partial charge in [-0.25, -0.2) is 13.2 Å². The lowest BCUT2D eigenvalue weighted by Gasteiger charge is -2.39. The molecule has 1 aliphatic heterocycles. The average Bonchev–Trinajstić information content (AvgIpc) is 2.98. The molecule has 37 heavy (non-hydrogen) atoms. The Bertz CT molecular complexity index is 1070. The molecule has 11 heteroatoms. The monoisotopic (exact) mass is 558 g/mol. The van der Waals surface area contributed by atoms with Gasteiger partial charge in [-0.1, -0.05) is 19.8 Å². The highest BCUT2D eigenvalue weighted by Crippen LogP contribution is 2.43. The lowest BCUT2D eigenvalue weighted by atomic mass is 9.91. The number of rotatable bonds is 10. The van der Waals surface area contributed by atoms with E-state index >= 15 is 0 Å². The van der Waals surface area contributed by atoms with E-state index in [2.05, 4.69) is 16.6 Å². The molecule has 2 aliphatic rings. The Kier molecular flexibility index (Phi) is 10.7. The van der Waals surface area contributed by atoms with E-state index in [4.69, 9.17) is 9.47 Å². The quantitative estimate of drug-likeness (QED) is 0.169. The SMILES string of the molecule is CCCCC1CN(C2CCC(OC)CC2)c2cc(SC)c(O/C=C(\F)C(=O)OCC)cc2S(=O)(=O)N1C. The van der Waals surface area contributed by atoms with Crippen LogP contribution in [-0.4, -0.2) is 70.4 Å². The van der Waals surface area contributed by atoms with Crippen molar-refractivity contribution in [2.45, 2.75) is 86.8 Å². The standard InChI is InChI=1S/C26H39FN2O6S2/c1-6-8-9-19-16-29(18-10-12-20(33-4)13-11-18)22-14-24(36-5)23(15-25(22)37(31,32)28(19)3)35-17-21(27)26(30)34-7-2/h14-15,17-20H,6-13,16H2,1-5H3/b21-17-. The van der Waals surface area contributed by atoms with E-state index < -0.39 is 21.8 Å². The summed E-state index contributed by atoms with van der Waals surface area (Å²) in [5.41, 5.74) is 0.637. The summed E-state index contributed by atoms with van der Waals surface area (Å²) in [5.74, 6) is -2.16. The van der Waals surface area contributed by atoms with Gasteiger partial charge in [0.05, 0.1) is 23.3 Å². The second kappa shape index (κ2) is 13.3. The van der Waals surface area contributed by atoms with Gasteiger partial charge in [-0.15, -0.1) is 11.8 Å². The predicted octanol–water partition coefficient (Wildman–Crippen LogP) is 5.12. The first-order valence-corrected chi connectivity index (χ1v) is 15.5. The lowest BCUT2D eigenvalue weighted by molar-refractivity contribution is -0.140. The van der Waals surface area contributed by atoms with Crippen molar-refractivity contribution in [3.05, 3.63) is 24.2 Å². The third-order valence-corrected chi connectivity index (χ3v) is 9.90. The maximum Gasteiger partial charge on any atom is 0.370 e. The maximum atomic E-state index is 14.2. The van der Waals surface area contributed by atoms with Gasteiger partial charge in [-0.3, -0.25) is 0 Å². The number of fused-ring (bicyclic) bond motifs is 1. The van der Waals surface area contributed by atoms with E-state index in [0.29, 0.717) is 23.4 Å². The van der Waals surface area contributed by atoms with Gasteiger partial charge >= 0.3 is 5.97 Å². The van der Waals surface area contributed by atoms with Crippen LogP contribution in [0.5, 0.6) is 5.75 Å². The Morgan fingerprint density at radius 3 is 2.51 bits per heavy atom. The fraction of sp³-hybridized carbons (Fsp3) is 0.654. The Morgan fingerprint density at radius 1 is 1.22 bits per heavy atom. The van der Waals surface area contributed by atoms with Gasteiger partial charge in [-0.2, -0.15) is 8.70 Å². The molecule has 1 atom stereocenters.